The highest BCUT2D eigenvalue weighted by molar-refractivity contribution is 5.71. The number of hydrogen-bond donors (Lipinski definition) is 0. The molecule has 2 nitrogen and oxygen atoms in total. The molecule has 0 aliphatic heterocycles. The molecule has 0 aliphatic rings. The van der Waals surface area contributed by atoms with Crippen molar-refractivity contribution in [3.8, 4) is 0 Å². The number of ether oxygens (including phenoxy) is 1. The molecule has 0 heterocycles. The summed E-state index contributed by atoms with van der Waals surface area (Å²) in [6.45, 7) is 6.35. The van der Waals surface area contributed by atoms with Crippen LogP contribution < -0.4 is 0 Å². The van der Waals surface area contributed by atoms with Crippen LogP contribution in [0, 0.1) is 12.8 Å². The average molecular weight is 234 g/mol. The first-order valence-electron chi connectivity index (χ1n) is 6.35. The molecule has 0 saturated carbocycles. The van der Waals surface area contributed by atoms with Gasteiger partial charge in [-0.15, -0.1) is 0 Å². The van der Waals surface area contributed by atoms with E-state index < -0.39 is 0 Å². The van der Waals surface area contributed by atoms with Gasteiger partial charge in [-0.3, -0.25) is 4.79 Å². The zero-order valence-electron chi connectivity index (χ0n) is 11.0. The Hall–Kier alpha value is -1.31. The largest absolute Gasteiger partial charge is 0.466 e. The van der Waals surface area contributed by atoms with Gasteiger partial charge in [-0.2, -0.15) is 0 Å². The number of carbonyl (C=O) groups is 1. The van der Waals surface area contributed by atoms with Crippen molar-refractivity contribution in [1.82, 2.24) is 0 Å². The Morgan fingerprint density at radius 2 is 1.94 bits per heavy atom. The first-order chi connectivity index (χ1) is 8.13. The van der Waals surface area contributed by atoms with E-state index in [1.165, 1.54) is 11.1 Å². The first kappa shape index (κ1) is 13.8. The minimum absolute atomic E-state index is 0.0143. The number of esters is 1. The SMILES string of the molecule is CCOC(=O)C(C)CCCc1ccc(C)cc1. The Morgan fingerprint density at radius 3 is 2.53 bits per heavy atom. The molecule has 94 valence electrons. The van der Waals surface area contributed by atoms with Crippen molar-refractivity contribution in [3.05, 3.63) is 35.4 Å². The van der Waals surface area contributed by atoms with Crippen LogP contribution >= 0.6 is 0 Å². The van der Waals surface area contributed by atoms with E-state index in [4.69, 9.17) is 4.74 Å². The molecular weight excluding hydrogens is 212 g/mol. The Balaban J connectivity index is 2.27. The predicted octanol–water partition coefficient (Wildman–Crippen LogP) is 3.52. The summed E-state index contributed by atoms with van der Waals surface area (Å²) >= 11 is 0. The van der Waals surface area contributed by atoms with Gasteiger partial charge in [0.15, 0.2) is 0 Å². The second-order valence-corrected chi connectivity index (χ2v) is 4.53. The van der Waals surface area contributed by atoms with Crippen LogP contribution in [0.3, 0.4) is 0 Å². The fourth-order valence-corrected chi connectivity index (χ4v) is 1.77. The summed E-state index contributed by atoms with van der Waals surface area (Å²) in [4.78, 5) is 11.4. The minimum Gasteiger partial charge on any atom is -0.466 e. The van der Waals surface area contributed by atoms with E-state index >= 15 is 0 Å². The van der Waals surface area contributed by atoms with Crippen LogP contribution in [0.25, 0.3) is 0 Å². The number of aryl methyl sites for hydroxylation is 2. The van der Waals surface area contributed by atoms with E-state index in [2.05, 4.69) is 31.2 Å². The van der Waals surface area contributed by atoms with E-state index in [1.54, 1.807) is 0 Å². The third-order valence-corrected chi connectivity index (χ3v) is 2.91. The molecule has 0 amide bonds. The molecule has 0 bridgehead atoms. The fourth-order valence-electron chi connectivity index (χ4n) is 1.77. The quantitative estimate of drug-likeness (QED) is 0.704. The topological polar surface area (TPSA) is 26.3 Å². The lowest BCUT2D eigenvalue weighted by Gasteiger charge is -2.10. The highest BCUT2D eigenvalue weighted by atomic mass is 16.5. The van der Waals surface area contributed by atoms with Crippen molar-refractivity contribution in [2.75, 3.05) is 6.61 Å². The smallest absolute Gasteiger partial charge is 0.308 e. The number of carbonyl (C=O) groups excluding carboxylic acids is 1. The second-order valence-electron chi connectivity index (χ2n) is 4.53. The monoisotopic (exact) mass is 234 g/mol. The lowest BCUT2D eigenvalue weighted by Crippen LogP contribution is -2.14. The predicted molar refractivity (Wildman–Crippen MR) is 69.9 cm³/mol. The van der Waals surface area contributed by atoms with Crippen LogP contribution in [0.1, 0.15) is 37.8 Å². The van der Waals surface area contributed by atoms with Gasteiger partial charge in [0, 0.05) is 0 Å². The highest BCUT2D eigenvalue weighted by Gasteiger charge is 2.12. The summed E-state index contributed by atoms with van der Waals surface area (Å²) in [7, 11) is 0. The van der Waals surface area contributed by atoms with Gasteiger partial charge < -0.3 is 4.74 Å². The van der Waals surface area contributed by atoms with Crippen LogP contribution in [-0.2, 0) is 16.0 Å². The molecule has 2 heteroatoms. The third kappa shape index (κ3) is 5.03. The second kappa shape index (κ2) is 7.10. The van der Waals surface area contributed by atoms with E-state index in [1.807, 2.05) is 13.8 Å². The Morgan fingerprint density at radius 1 is 1.29 bits per heavy atom. The molecule has 1 rings (SSSR count). The van der Waals surface area contributed by atoms with E-state index in [-0.39, 0.29) is 11.9 Å². The molecule has 0 radical (unpaired) electrons. The van der Waals surface area contributed by atoms with Crippen LogP contribution in [0.15, 0.2) is 24.3 Å². The molecule has 0 saturated heterocycles. The van der Waals surface area contributed by atoms with E-state index in [9.17, 15) is 4.79 Å². The van der Waals surface area contributed by atoms with Crippen LogP contribution in [-0.4, -0.2) is 12.6 Å². The van der Waals surface area contributed by atoms with Crippen molar-refractivity contribution < 1.29 is 9.53 Å². The van der Waals surface area contributed by atoms with E-state index in [0.717, 1.165) is 19.3 Å². The Bertz CT molecular complexity index is 340. The summed E-state index contributed by atoms with van der Waals surface area (Å²) < 4.78 is 4.98. The van der Waals surface area contributed by atoms with Gasteiger partial charge in [0.1, 0.15) is 0 Å². The van der Waals surface area contributed by atoms with Gasteiger partial charge in [0.05, 0.1) is 12.5 Å². The van der Waals surface area contributed by atoms with Crippen molar-refractivity contribution in [3.63, 3.8) is 0 Å². The summed E-state index contributed by atoms with van der Waals surface area (Å²) in [6.07, 6.45) is 2.96. The van der Waals surface area contributed by atoms with Crippen molar-refractivity contribution >= 4 is 5.97 Å². The molecule has 1 atom stereocenters. The normalized spacial score (nSPS) is 12.2. The average Bonchev–Trinajstić information content (AvgIpc) is 2.32. The summed E-state index contributed by atoms with van der Waals surface area (Å²) in [5, 5.41) is 0. The maximum atomic E-state index is 11.4. The van der Waals surface area contributed by atoms with E-state index in [0.29, 0.717) is 6.61 Å². The molecule has 0 spiro atoms. The number of benzene rings is 1. The summed E-state index contributed by atoms with van der Waals surface area (Å²) in [5.74, 6) is -0.0585. The Labute approximate surface area is 104 Å². The molecular formula is C15H22O2. The zero-order valence-corrected chi connectivity index (χ0v) is 11.0. The highest BCUT2D eigenvalue weighted by Crippen LogP contribution is 2.12. The molecule has 1 aromatic carbocycles. The van der Waals surface area contributed by atoms with Crippen molar-refractivity contribution in [1.29, 1.82) is 0 Å². The number of hydrogen-bond acceptors (Lipinski definition) is 2. The van der Waals surface area contributed by atoms with Gasteiger partial charge >= 0.3 is 5.97 Å². The fraction of sp³-hybridized carbons (Fsp3) is 0.533. The molecule has 1 aromatic rings. The van der Waals surface area contributed by atoms with Gasteiger partial charge in [-0.1, -0.05) is 36.8 Å². The molecule has 1 unspecified atom stereocenters. The zero-order chi connectivity index (χ0) is 12.7. The maximum Gasteiger partial charge on any atom is 0.308 e. The Kier molecular flexibility index (Phi) is 5.75. The van der Waals surface area contributed by atoms with Crippen molar-refractivity contribution in [2.24, 2.45) is 5.92 Å². The molecule has 0 aromatic heterocycles. The third-order valence-electron chi connectivity index (χ3n) is 2.91. The lowest BCUT2D eigenvalue weighted by atomic mass is 10.0. The minimum atomic E-state index is -0.0728. The van der Waals surface area contributed by atoms with Crippen LogP contribution in [0.2, 0.25) is 0 Å². The first-order valence-corrected chi connectivity index (χ1v) is 6.35. The lowest BCUT2D eigenvalue weighted by molar-refractivity contribution is -0.147. The molecule has 0 fully saturated rings. The van der Waals surface area contributed by atoms with Crippen LogP contribution in [0.5, 0.6) is 0 Å². The number of rotatable bonds is 6. The summed E-state index contributed by atoms with van der Waals surface area (Å²) in [6, 6.07) is 8.57. The molecule has 0 N–H and O–H groups in total. The molecule has 17 heavy (non-hydrogen) atoms. The van der Waals surface area contributed by atoms with Crippen molar-refractivity contribution in [2.45, 2.75) is 40.0 Å². The molecule has 0 aliphatic carbocycles. The van der Waals surface area contributed by atoms with Gasteiger partial charge in [-0.05, 0) is 38.7 Å². The summed E-state index contributed by atoms with van der Waals surface area (Å²) in [5.41, 5.74) is 2.63. The van der Waals surface area contributed by atoms with Gasteiger partial charge in [0.2, 0.25) is 0 Å². The maximum absolute atomic E-state index is 11.4. The van der Waals surface area contributed by atoms with Crippen LogP contribution in [0.4, 0.5) is 0 Å². The van der Waals surface area contributed by atoms with Gasteiger partial charge in [-0.25, -0.2) is 0 Å². The standard InChI is InChI=1S/C15H22O2/c1-4-17-15(16)13(3)6-5-7-14-10-8-12(2)9-11-14/h8-11,13H,4-7H2,1-3H3. The van der Waals surface area contributed by atoms with Gasteiger partial charge in [0.25, 0.3) is 0 Å².